The molecule has 0 atom stereocenters. The van der Waals surface area contributed by atoms with E-state index < -0.39 is 0 Å². The number of aromatic nitrogens is 4. The molecule has 2 heterocycles. The van der Waals surface area contributed by atoms with Gasteiger partial charge in [-0.1, -0.05) is 15.9 Å². The van der Waals surface area contributed by atoms with Crippen molar-refractivity contribution in [3.8, 4) is 5.75 Å². The molecule has 0 aliphatic rings. The number of amides is 1. The summed E-state index contributed by atoms with van der Waals surface area (Å²) in [5, 5.41) is 11.3. The zero-order chi connectivity index (χ0) is 18.4. The molecule has 7 nitrogen and oxygen atoms in total. The van der Waals surface area contributed by atoms with E-state index in [0.717, 1.165) is 28.9 Å². The predicted octanol–water partition coefficient (Wildman–Crippen LogP) is 3.01. The van der Waals surface area contributed by atoms with Crippen molar-refractivity contribution in [1.82, 2.24) is 24.9 Å². The number of halogens is 1. The smallest absolute Gasteiger partial charge is 0.271 e. The minimum absolute atomic E-state index is 0.190. The number of aryl methyl sites for hydroxylation is 2. The van der Waals surface area contributed by atoms with E-state index in [2.05, 4.69) is 31.4 Å². The fraction of sp³-hybridized carbons (Fsp3) is 0.278. The zero-order valence-corrected chi connectivity index (χ0v) is 16.0. The van der Waals surface area contributed by atoms with E-state index >= 15 is 0 Å². The van der Waals surface area contributed by atoms with Gasteiger partial charge in [-0.25, -0.2) is 4.68 Å². The van der Waals surface area contributed by atoms with Crippen molar-refractivity contribution in [2.24, 2.45) is 0 Å². The summed E-state index contributed by atoms with van der Waals surface area (Å²) in [6.07, 6.45) is 4.30. The lowest BCUT2D eigenvalue weighted by Gasteiger charge is -2.06. The summed E-state index contributed by atoms with van der Waals surface area (Å²) < 4.78 is 10.1. The summed E-state index contributed by atoms with van der Waals surface area (Å²) >= 11 is 3.38. The van der Waals surface area contributed by atoms with Crippen LogP contribution in [0.3, 0.4) is 0 Å². The Hall–Kier alpha value is -2.61. The van der Waals surface area contributed by atoms with Crippen molar-refractivity contribution >= 4 is 21.8 Å². The van der Waals surface area contributed by atoms with Crippen LogP contribution in [-0.2, 0) is 13.3 Å². The number of ether oxygens (including phenoxy) is 1. The normalized spacial score (nSPS) is 10.7. The maximum atomic E-state index is 12.1. The molecular formula is C18H20BrN5O2. The molecule has 0 radical (unpaired) electrons. The summed E-state index contributed by atoms with van der Waals surface area (Å²) in [5.41, 5.74) is 1.49. The molecular weight excluding hydrogens is 398 g/mol. The molecule has 1 amide bonds. The van der Waals surface area contributed by atoms with Crippen LogP contribution in [0.4, 0.5) is 0 Å². The van der Waals surface area contributed by atoms with Gasteiger partial charge in [-0.15, -0.1) is 0 Å². The lowest BCUT2D eigenvalue weighted by atomic mass is 10.3. The number of benzene rings is 1. The van der Waals surface area contributed by atoms with E-state index in [9.17, 15) is 4.79 Å². The van der Waals surface area contributed by atoms with E-state index in [-0.39, 0.29) is 12.6 Å². The maximum absolute atomic E-state index is 12.1. The van der Waals surface area contributed by atoms with Gasteiger partial charge in [0, 0.05) is 35.6 Å². The first-order valence-electron chi connectivity index (χ1n) is 8.30. The van der Waals surface area contributed by atoms with Crippen LogP contribution in [-0.4, -0.2) is 32.0 Å². The molecule has 0 aliphatic carbocycles. The highest BCUT2D eigenvalue weighted by atomic mass is 79.9. The minimum Gasteiger partial charge on any atom is -0.471 e. The highest BCUT2D eigenvalue weighted by Crippen LogP contribution is 2.16. The Morgan fingerprint density at radius 3 is 2.77 bits per heavy atom. The number of hydrogen-bond acceptors (Lipinski definition) is 4. The average molecular weight is 418 g/mol. The molecule has 1 N–H and O–H groups in total. The first-order chi connectivity index (χ1) is 12.6. The average Bonchev–Trinajstić information content (AvgIpc) is 3.27. The van der Waals surface area contributed by atoms with Crippen LogP contribution < -0.4 is 10.1 Å². The third-order valence-corrected chi connectivity index (χ3v) is 4.34. The van der Waals surface area contributed by atoms with Crippen molar-refractivity contribution in [2.45, 2.75) is 26.6 Å². The van der Waals surface area contributed by atoms with Gasteiger partial charge in [0.15, 0.2) is 6.73 Å². The van der Waals surface area contributed by atoms with E-state index in [0.29, 0.717) is 12.2 Å². The predicted molar refractivity (Wildman–Crippen MR) is 101 cm³/mol. The third kappa shape index (κ3) is 4.95. The van der Waals surface area contributed by atoms with Crippen molar-refractivity contribution in [2.75, 3.05) is 6.54 Å². The van der Waals surface area contributed by atoms with Gasteiger partial charge in [0.05, 0.1) is 0 Å². The second-order valence-electron chi connectivity index (χ2n) is 5.77. The molecule has 0 fully saturated rings. The standard InChI is InChI=1S/C18H20BrN5O2/c1-14-7-10-21-24(14)11-2-9-20-18(25)17-8-12-23(22-17)13-26-16-5-3-15(19)4-6-16/h3-8,10,12H,2,9,11,13H2,1H3,(H,20,25). The van der Waals surface area contributed by atoms with E-state index in [1.165, 1.54) is 0 Å². The number of rotatable bonds is 8. The zero-order valence-electron chi connectivity index (χ0n) is 14.4. The number of nitrogens with one attached hydrogen (secondary N) is 1. The number of nitrogens with zero attached hydrogens (tertiary/aromatic N) is 4. The molecule has 0 spiro atoms. The van der Waals surface area contributed by atoms with Crippen LogP contribution in [0.15, 0.2) is 53.3 Å². The molecule has 2 aromatic heterocycles. The van der Waals surface area contributed by atoms with Crippen LogP contribution >= 0.6 is 15.9 Å². The van der Waals surface area contributed by atoms with Crippen LogP contribution in [0, 0.1) is 6.92 Å². The monoisotopic (exact) mass is 417 g/mol. The van der Waals surface area contributed by atoms with Crippen LogP contribution in [0.5, 0.6) is 5.75 Å². The molecule has 0 saturated carbocycles. The highest BCUT2D eigenvalue weighted by molar-refractivity contribution is 9.10. The van der Waals surface area contributed by atoms with Gasteiger partial charge >= 0.3 is 0 Å². The highest BCUT2D eigenvalue weighted by Gasteiger charge is 2.09. The van der Waals surface area contributed by atoms with E-state index in [4.69, 9.17) is 4.74 Å². The first kappa shape index (κ1) is 18.2. The molecule has 3 rings (SSSR count). The van der Waals surface area contributed by atoms with Gasteiger partial charge in [0.1, 0.15) is 11.4 Å². The SMILES string of the molecule is Cc1ccnn1CCCNC(=O)c1ccn(COc2ccc(Br)cc2)n1. The fourth-order valence-electron chi connectivity index (χ4n) is 2.38. The van der Waals surface area contributed by atoms with E-state index in [1.54, 1.807) is 23.1 Å². The van der Waals surface area contributed by atoms with Crippen molar-refractivity contribution in [3.63, 3.8) is 0 Å². The van der Waals surface area contributed by atoms with Gasteiger partial charge in [-0.05, 0) is 49.7 Å². The summed E-state index contributed by atoms with van der Waals surface area (Å²) in [6, 6.07) is 11.2. The Balaban J connectivity index is 1.42. The Bertz CT molecular complexity index is 857. The molecule has 8 heteroatoms. The number of hydrogen-bond donors (Lipinski definition) is 1. The van der Waals surface area contributed by atoms with Gasteiger partial charge in [0.2, 0.25) is 0 Å². The van der Waals surface area contributed by atoms with Gasteiger partial charge < -0.3 is 10.1 Å². The molecule has 136 valence electrons. The molecule has 0 aliphatic heterocycles. The van der Waals surface area contributed by atoms with Crippen molar-refractivity contribution in [3.05, 3.63) is 64.7 Å². The largest absolute Gasteiger partial charge is 0.471 e. The van der Waals surface area contributed by atoms with Gasteiger partial charge in [-0.2, -0.15) is 10.2 Å². The van der Waals surface area contributed by atoms with Crippen LogP contribution in [0.1, 0.15) is 22.6 Å². The van der Waals surface area contributed by atoms with Crippen molar-refractivity contribution in [1.29, 1.82) is 0 Å². The molecule has 26 heavy (non-hydrogen) atoms. The fourth-order valence-corrected chi connectivity index (χ4v) is 2.64. The first-order valence-corrected chi connectivity index (χ1v) is 9.09. The van der Waals surface area contributed by atoms with Crippen LogP contribution in [0.2, 0.25) is 0 Å². The topological polar surface area (TPSA) is 74.0 Å². The molecule has 0 bridgehead atoms. The summed E-state index contributed by atoms with van der Waals surface area (Å²) in [5.74, 6) is 0.549. The molecule has 0 saturated heterocycles. The molecule has 0 unspecified atom stereocenters. The Labute approximate surface area is 160 Å². The molecule has 1 aromatic carbocycles. The number of carbonyl (C=O) groups excluding carboxylic acids is 1. The summed E-state index contributed by atoms with van der Waals surface area (Å²) in [7, 11) is 0. The van der Waals surface area contributed by atoms with Gasteiger partial charge in [0.25, 0.3) is 5.91 Å². The molecule has 3 aromatic rings. The quantitative estimate of drug-likeness (QED) is 0.571. The van der Waals surface area contributed by atoms with E-state index in [1.807, 2.05) is 41.9 Å². The lowest BCUT2D eigenvalue weighted by Crippen LogP contribution is -2.26. The lowest BCUT2D eigenvalue weighted by molar-refractivity contribution is 0.0945. The van der Waals surface area contributed by atoms with Crippen molar-refractivity contribution < 1.29 is 9.53 Å². The number of carbonyl (C=O) groups is 1. The maximum Gasteiger partial charge on any atom is 0.271 e. The minimum atomic E-state index is -0.190. The summed E-state index contributed by atoms with van der Waals surface area (Å²) in [4.78, 5) is 12.1. The second kappa shape index (κ2) is 8.66. The Kier molecular flexibility index (Phi) is 6.06. The third-order valence-electron chi connectivity index (χ3n) is 3.81. The summed E-state index contributed by atoms with van der Waals surface area (Å²) in [6.45, 7) is 3.59. The Morgan fingerprint density at radius 2 is 2.04 bits per heavy atom. The Morgan fingerprint density at radius 1 is 1.23 bits per heavy atom. The second-order valence-corrected chi connectivity index (χ2v) is 6.69. The van der Waals surface area contributed by atoms with Gasteiger partial charge in [-0.3, -0.25) is 9.48 Å². The van der Waals surface area contributed by atoms with Crippen LogP contribution in [0.25, 0.3) is 0 Å².